The summed E-state index contributed by atoms with van der Waals surface area (Å²) in [6, 6.07) is 0. The van der Waals surface area contributed by atoms with Crippen molar-refractivity contribution in [3.8, 4) is 0 Å². The van der Waals surface area contributed by atoms with Gasteiger partial charge in [-0.3, -0.25) is 9.69 Å². The van der Waals surface area contributed by atoms with E-state index in [1.165, 1.54) is 0 Å². The van der Waals surface area contributed by atoms with Gasteiger partial charge in [-0.15, -0.1) is 0 Å². The molecule has 17 heavy (non-hydrogen) atoms. The molecule has 1 fully saturated rings. The molecule has 0 saturated carbocycles. The quantitative estimate of drug-likeness (QED) is 0.437. The Labute approximate surface area is 112 Å². The number of hydrogen-bond acceptors (Lipinski definition) is 4. The number of amides is 1. The monoisotopic (exact) mass is 355 g/mol. The van der Waals surface area contributed by atoms with Gasteiger partial charge in [0.1, 0.15) is 5.60 Å². The Kier molecular flexibility index (Phi) is 3.70. The van der Waals surface area contributed by atoms with Crippen molar-refractivity contribution in [3.63, 3.8) is 0 Å². The summed E-state index contributed by atoms with van der Waals surface area (Å²) in [6.45, 7) is 4.82. The molecule has 1 rings (SSSR count). The smallest absolute Gasteiger partial charge is 0.412 e. The van der Waals surface area contributed by atoms with Crippen molar-refractivity contribution in [2.24, 2.45) is 0 Å². The highest BCUT2D eigenvalue weighted by atomic mass is 127. The van der Waals surface area contributed by atoms with Crippen molar-refractivity contribution in [1.82, 2.24) is 4.90 Å². The summed E-state index contributed by atoms with van der Waals surface area (Å²) in [7, 11) is 0. The van der Waals surface area contributed by atoms with Crippen LogP contribution in [-0.4, -0.2) is 43.5 Å². The average molecular weight is 355 g/mol. The predicted molar refractivity (Wildman–Crippen MR) is 67.0 cm³/mol. The molecule has 1 atom stereocenters. The number of alkyl halides is 1. The molecule has 96 valence electrons. The van der Waals surface area contributed by atoms with Gasteiger partial charge in [0.25, 0.3) is 0 Å². The first-order valence-electron chi connectivity index (χ1n) is 5.01. The molecule has 0 aromatic carbocycles. The number of nitrogens with zero attached hydrogens (tertiary/aromatic N) is 1. The summed E-state index contributed by atoms with van der Waals surface area (Å²) in [4.78, 5) is 35.2. The van der Waals surface area contributed by atoms with E-state index in [1.807, 2.05) is 0 Å². The third-order valence-corrected chi connectivity index (χ3v) is 3.56. The average Bonchev–Trinajstić information content (AvgIpc) is 2.40. The first-order valence-corrected chi connectivity index (χ1v) is 6.09. The van der Waals surface area contributed by atoms with Gasteiger partial charge in [-0.1, -0.05) is 0 Å². The number of hydrogen-bond donors (Lipinski definition) is 1. The Morgan fingerprint density at radius 2 is 2.00 bits per heavy atom. The van der Waals surface area contributed by atoms with E-state index in [1.54, 1.807) is 43.4 Å². The van der Waals surface area contributed by atoms with Crippen molar-refractivity contribution in [2.45, 2.75) is 36.3 Å². The Bertz CT molecular complexity index is 375. The topological polar surface area (TPSA) is 83.9 Å². The zero-order chi connectivity index (χ0) is 13.4. The first-order chi connectivity index (χ1) is 7.56. The van der Waals surface area contributed by atoms with E-state index in [0.717, 1.165) is 4.90 Å². The fraction of sp³-hybridized carbons (Fsp3) is 0.700. The number of carbonyl (C=O) groups excluding carboxylic acids is 2. The lowest BCUT2D eigenvalue weighted by Gasteiger charge is -2.30. The van der Waals surface area contributed by atoms with Crippen LogP contribution in [0, 0.1) is 0 Å². The first kappa shape index (κ1) is 14.2. The number of Topliss-reactive ketones (excluding diaryl/α,β-unsaturated/α-hetero) is 1. The van der Waals surface area contributed by atoms with Gasteiger partial charge in [0, 0.05) is 0 Å². The van der Waals surface area contributed by atoms with Crippen LogP contribution in [0.4, 0.5) is 4.79 Å². The van der Waals surface area contributed by atoms with Crippen LogP contribution in [0.3, 0.4) is 0 Å². The van der Waals surface area contributed by atoms with E-state index in [4.69, 9.17) is 9.84 Å². The summed E-state index contributed by atoms with van der Waals surface area (Å²) in [5, 5.41) is 9.10. The second-order valence-electron chi connectivity index (χ2n) is 4.85. The molecule has 1 saturated heterocycles. The second kappa shape index (κ2) is 4.43. The number of carboxylic acid groups (broad SMARTS) is 1. The van der Waals surface area contributed by atoms with Crippen molar-refractivity contribution < 1.29 is 24.2 Å². The summed E-state index contributed by atoms with van der Waals surface area (Å²) in [5.41, 5.74) is -0.723. The number of ketones is 1. The molecule has 1 aliphatic rings. The number of ether oxygens (including phenoxy) is 1. The zero-order valence-corrected chi connectivity index (χ0v) is 12.0. The molecule has 0 radical (unpaired) electrons. The van der Waals surface area contributed by atoms with Crippen LogP contribution >= 0.6 is 22.6 Å². The maximum absolute atomic E-state index is 11.8. The van der Waals surface area contributed by atoms with E-state index >= 15 is 0 Å². The number of rotatable bonds is 1. The summed E-state index contributed by atoms with van der Waals surface area (Å²) < 4.78 is 3.55. The molecule has 1 N–H and O–H groups in total. The Balaban J connectivity index is 2.92. The van der Waals surface area contributed by atoms with Crippen LogP contribution in [-0.2, 0) is 14.3 Å². The molecule has 0 bridgehead atoms. The van der Waals surface area contributed by atoms with Crippen molar-refractivity contribution in [3.05, 3.63) is 0 Å². The van der Waals surface area contributed by atoms with Crippen LogP contribution in [0.15, 0.2) is 0 Å². The summed E-state index contributed by atoms with van der Waals surface area (Å²) in [5.74, 6) is -1.50. The zero-order valence-electron chi connectivity index (χ0n) is 9.82. The molecule has 0 spiro atoms. The minimum atomic E-state index is -1.53. The largest absolute Gasteiger partial charge is 0.479 e. The molecule has 0 aromatic heterocycles. The third kappa shape index (κ3) is 3.08. The minimum absolute atomic E-state index is 0.192. The van der Waals surface area contributed by atoms with Gasteiger partial charge in [0.2, 0.25) is 3.55 Å². The molecule has 1 heterocycles. The van der Waals surface area contributed by atoms with Gasteiger partial charge in [0.05, 0.1) is 13.0 Å². The van der Waals surface area contributed by atoms with Crippen molar-refractivity contribution >= 4 is 40.4 Å². The lowest BCUT2D eigenvalue weighted by molar-refractivity contribution is -0.143. The van der Waals surface area contributed by atoms with Gasteiger partial charge in [0.15, 0.2) is 5.78 Å². The molecule has 0 aliphatic carbocycles. The molecule has 0 aromatic rings. The molecular weight excluding hydrogens is 341 g/mol. The van der Waals surface area contributed by atoms with Gasteiger partial charge >= 0.3 is 12.1 Å². The second-order valence-corrected chi connectivity index (χ2v) is 6.63. The lowest BCUT2D eigenvalue weighted by atomic mass is 10.2. The third-order valence-electron chi connectivity index (χ3n) is 2.14. The maximum Gasteiger partial charge on any atom is 0.412 e. The Morgan fingerprint density at radius 1 is 1.47 bits per heavy atom. The van der Waals surface area contributed by atoms with Gasteiger partial charge in [-0.2, -0.15) is 0 Å². The summed E-state index contributed by atoms with van der Waals surface area (Å²) in [6.07, 6.45) is -0.970. The van der Waals surface area contributed by atoms with Crippen LogP contribution < -0.4 is 0 Å². The number of carbonyl (C=O) groups is 3. The highest BCUT2D eigenvalue weighted by Gasteiger charge is 2.53. The van der Waals surface area contributed by atoms with E-state index < -0.39 is 21.2 Å². The minimum Gasteiger partial charge on any atom is -0.479 e. The van der Waals surface area contributed by atoms with Gasteiger partial charge < -0.3 is 9.84 Å². The highest BCUT2D eigenvalue weighted by molar-refractivity contribution is 14.1. The molecule has 6 nitrogen and oxygen atoms in total. The van der Waals surface area contributed by atoms with Crippen LogP contribution in [0.1, 0.15) is 27.2 Å². The molecule has 1 unspecified atom stereocenters. The highest BCUT2D eigenvalue weighted by Crippen LogP contribution is 2.35. The predicted octanol–water partition coefficient (Wildman–Crippen LogP) is 1.41. The van der Waals surface area contributed by atoms with Crippen LogP contribution in [0.5, 0.6) is 0 Å². The lowest BCUT2D eigenvalue weighted by Crippen LogP contribution is -2.49. The standard InChI is InChI=1S/C10H14INO5/c1-9(2,3)17-8(16)12-5-6(13)4-10(12,11)7(14)15/h4-5H2,1-3H3,(H,14,15). The molecule has 1 aliphatic heterocycles. The summed E-state index contributed by atoms with van der Waals surface area (Å²) >= 11 is 1.60. The van der Waals surface area contributed by atoms with E-state index in [9.17, 15) is 14.4 Å². The van der Waals surface area contributed by atoms with Gasteiger partial charge in [-0.05, 0) is 43.4 Å². The fourth-order valence-corrected chi connectivity index (χ4v) is 2.22. The number of aliphatic carboxylic acids is 1. The van der Waals surface area contributed by atoms with Crippen molar-refractivity contribution in [1.29, 1.82) is 0 Å². The van der Waals surface area contributed by atoms with E-state index in [2.05, 4.69) is 0 Å². The Hall–Kier alpha value is -0.860. The normalized spacial score (nSPS) is 24.9. The van der Waals surface area contributed by atoms with Crippen molar-refractivity contribution in [2.75, 3.05) is 6.54 Å². The molecule has 1 amide bonds. The van der Waals surface area contributed by atoms with E-state index in [0.29, 0.717) is 0 Å². The SMILES string of the molecule is CC(C)(C)OC(=O)N1CC(=O)CC1(I)C(=O)O. The molecular formula is C10H14INO5. The maximum atomic E-state index is 11.8. The number of carboxylic acids is 1. The van der Waals surface area contributed by atoms with Crippen LogP contribution in [0.25, 0.3) is 0 Å². The van der Waals surface area contributed by atoms with Crippen LogP contribution in [0.2, 0.25) is 0 Å². The van der Waals surface area contributed by atoms with Gasteiger partial charge in [-0.25, -0.2) is 9.59 Å². The molecule has 7 heteroatoms. The number of likely N-dealkylation sites (tertiary alicyclic amines) is 1. The fourth-order valence-electron chi connectivity index (χ4n) is 1.43. The van der Waals surface area contributed by atoms with E-state index in [-0.39, 0.29) is 18.7 Å². The number of halogens is 1. The Morgan fingerprint density at radius 3 is 2.41 bits per heavy atom.